The zero-order chi connectivity index (χ0) is 6.85. The topological polar surface area (TPSA) is 0 Å². The molecule has 0 aromatic rings. The van der Waals surface area contributed by atoms with E-state index in [0.717, 1.165) is 12.0 Å². The normalized spacial score (nSPS) is 18.2. The van der Waals surface area contributed by atoms with Crippen molar-refractivity contribution in [1.82, 2.24) is 0 Å². The molecular formula is C8H11F. The van der Waals surface area contributed by atoms with E-state index < -0.39 is 0 Å². The van der Waals surface area contributed by atoms with Gasteiger partial charge in [-0.1, -0.05) is 19.9 Å². The molecule has 0 saturated carbocycles. The molecule has 0 heterocycles. The van der Waals surface area contributed by atoms with Gasteiger partial charge >= 0.3 is 0 Å². The lowest BCUT2D eigenvalue weighted by molar-refractivity contribution is 0.622. The van der Waals surface area contributed by atoms with Crippen LogP contribution in [-0.2, 0) is 0 Å². The molecule has 0 N–H and O–H groups in total. The fourth-order valence-corrected chi connectivity index (χ4v) is 1.01. The summed E-state index contributed by atoms with van der Waals surface area (Å²) in [5.41, 5.74) is 0.940. The van der Waals surface area contributed by atoms with E-state index in [9.17, 15) is 4.39 Å². The largest absolute Gasteiger partial charge is 0.207 e. The fourth-order valence-electron chi connectivity index (χ4n) is 1.01. The summed E-state index contributed by atoms with van der Waals surface area (Å²) >= 11 is 0. The average molecular weight is 126 g/mol. The van der Waals surface area contributed by atoms with E-state index in [1.165, 1.54) is 0 Å². The number of halogens is 1. The van der Waals surface area contributed by atoms with E-state index in [-0.39, 0.29) is 5.83 Å². The molecule has 1 aliphatic rings. The van der Waals surface area contributed by atoms with Crippen LogP contribution >= 0.6 is 0 Å². The zero-order valence-electron chi connectivity index (χ0n) is 5.82. The summed E-state index contributed by atoms with van der Waals surface area (Å²) in [5, 5.41) is 0. The summed E-state index contributed by atoms with van der Waals surface area (Å²) in [7, 11) is 0. The molecule has 9 heavy (non-hydrogen) atoms. The Bertz CT molecular complexity index is 163. The Morgan fingerprint density at radius 3 is 2.44 bits per heavy atom. The van der Waals surface area contributed by atoms with Crippen molar-refractivity contribution in [3.8, 4) is 0 Å². The summed E-state index contributed by atoms with van der Waals surface area (Å²) in [6, 6.07) is 0. The molecule has 0 unspecified atom stereocenters. The van der Waals surface area contributed by atoms with E-state index in [1.807, 2.05) is 19.9 Å². The molecule has 0 fully saturated rings. The molecule has 0 aliphatic heterocycles. The number of allylic oxidation sites excluding steroid dienone is 4. The van der Waals surface area contributed by atoms with Gasteiger partial charge < -0.3 is 0 Å². The van der Waals surface area contributed by atoms with Crippen molar-refractivity contribution in [1.29, 1.82) is 0 Å². The van der Waals surface area contributed by atoms with Crippen LogP contribution in [0.4, 0.5) is 4.39 Å². The third-order valence-corrected chi connectivity index (χ3v) is 1.61. The first-order valence-corrected chi connectivity index (χ1v) is 3.27. The van der Waals surface area contributed by atoms with Crippen molar-refractivity contribution >= 4 is 0 Å². The molecular weight excluding hydrogens is 115 g/mol. The number of rotatable bonds is 1. The van der Waals surface area contributed by atoms with E-state index in [0.29, 0.717) is 5.92 Å². The van der Waals surface area contributed by atoms with Gasteiger partial charge in [-0.25, -0.2) is 4.39 Å². The average Bonchev–Trinajstić information content (AvgIpc) is 2.13. The van der Waals surface area contributed by atoms with Gasteiger partial charge in [0.05, 0.1) is 0 Å². The minimum absolute atomic E-state index is 0.0231. The van der Waals surface area contributed by atoms with E-state index in [4.69, 9.17) is 0 Å². The molecule has 0 saturated heterocycles. The molecule has 0 aromatic carbocycles. The Morgan fingerprint density at radius 2 is 2.22 bits per heavy atom. The monoisotopic (exact) mass is 126 g/mol. The Kier molecular flexibility index (Phi) is 1.70. The lowest BCUT2D eigenvalue weighted by Gasteiger charge is -2.03. The summed E-state index contributed by atoms with van der Waals surface area (Å²) < 4.78 is 12.6. The van der Waals surface area contributed by atoms with Crippen LogP contribution in [0.5, 0.6) is 0 Å². The van der Waals surface area contributed by atoms with Gasteiger partial charge in [-0.3, -0.25) is 0 Å². The Hall–Kier alpha value is -0.590. The highest BCUT2D eigenvalue weighted by Crippen LogP contribution is 2.25. The van der Waals surface area contributed by atoms with Crippen LogP contribution in [-0.4, -0.2) is 0 Å². The first kappa shape index (κ1) is 6.53. The van der Waals surface area contributed by atoms with Crippen LogP contribution in [0.15, 0.2) is 23.6 Å². The van der Waals surface area contributed by atoms with Crippen molar-refractivity contribution in [2.75, 3.05) is 0 Å². The first-order valence-electron chi connectivity index (χ1n) is 3.27. The predicted octanol–water partition coefficient (Wildman–Crippen LogP) is 2.83. The van der Waals surface area contributed by atoms with Crippen LogP contribution < -0.4 is 0 Å². The molecule has 0 spiro atoms. The molecule has 1 heteroatoms. The maximum Gasteiger partial charge on any atom is 0.122 e. The van der Waals surface area contributed by atoms with Crippen molar-refractivity contribution in [2.24, 2.45) is 5.92 Å². The van der Waals surface area contributed by atoms with Crippen LogP contribution in [0.1, 0.15) is 20.3 Å². The molecule has 0 atom stereocenters. The molecule has 1 aliphatic carbocycles. The van der Waals surface area contributed by atoms with Crippen LogP contribution in [0.2, 0.25) is 0 Å². The highest BCUT2D eigenvalue weighted by Gasteiger charge is 2.10. The van der Waals surface area contributed by atoms with Crippen LogP contribution in [0.25, 0.3) is 0 Å². The summed E-state index contributed by atoms with van der Waals surface area (Å²) in [6.45, 7) is 4.03. The fraction of sp³-hybridized carbons (Fsp3) is 0.500. The second-order valence-electron chi connectivity index (χ2n) is 2.63. The highest BCUT2D eigenvalue weighted by molar-refractivity contribution is 5.29. The maximum atomic E-state index is 12.6. The molecule has 1 rings (SSSR count). The van der Waals surface area contributed by atoms with E-state index >= 15 is 0 Å². The van der Waals surface area contributed by atoms with Crippen molar-refractivity contribution in [2.45, 2.75) is 20.3 Å². The van der Waals surface area contributed by atoms with Gasteiger partial charge in [0, 0.05) is 0 Å². The van der Waals surface area contributed by atoms with Crippen LogP contribution in [0, 0.1) is 5.92 Å². The summed E-state index contributed by atoms with van der Waals surface area (Å²) in [4.78, 5) is 0. The highest BCUT2D eigenvalue weighted by atomic mass is 19.1. The van der Waals surface area contributed by atoms with Crippen LogP contribution in [0.3, 0.4) is 0 Å². The van der Waals surface area contributed by atoms with Gasteiger partial charge in [-0.05, 0) is 24.0 Å². The second kappa shape index (κ2) is 2.34. The SMILES string of the molecule is CC(C)C1=C(F)C=CC1. The molecule has 50 valence electrons. The Labute approximate surface area is 55.1 Å². The first-order chi connectivity index (χ1) is 4.22. The van der Waals surface area contributed by atoms with Gasteiger partial charge in [0.2, 0.25) is 0 Å². The van der Waals surface area contributed by atoms with Gasteiger partial charge in [-0.15, -0.1) is 0 Å². The van der Waals surface area contributed by atoms with E-state index in [2.05, 4.69) is 0 Å². The van der Waals surface area contributed by atoms with Gasteiger partial charge in [-0.2, -0.15) is 0 Å². The quantitative estimate of drug-likeness (QED) is 0.506. The number of hydrogen-bond donors (Lipinski definition) is 0. The molecule has 0 bridgehead atoms. The third kappa shape index (κ3) is 1.21. The number of hydrogen-bond acceptors (Lipinski definition) is 0. The second-order valence-corrected chi connectivity index (χ2v) is 2.63. The van der Waals surface area contributed by atoms with Crippen molar-refractivity contribution in [3.05, 3.63) is 23.6 Å². The lowest BCUT2D eigenvalue weighted by Crippen LogP contribution is -1.90. The molecule has 0 aromatic heterocycles. The predicted molar refractivity (Wildman–Crippen MR) is 36.7 cm³/mol. The lowest BCUT2D eigenvalue weighted by atomic mass is 10.0. The van der Waals surface area contributed by atoms with Gasteiger partial charge in [0.1, 0.15) is 5.83 Å². The molecule has 0 amide bonds. The summed E-state index contributed by atoms with van der Waals surface area (Å²) in [5.74, 6) is 0.338. The minimum Gasteiger partial charge on any atom is -0.207 e. The standard InChI is InChI=1S/C8H11F/c1-6(2)7-4-3-5-8(7)9/h3,5-6H,4H2,1-2H3. The maximum absolute atomic E-state index is 12.6. The Morgan fingerprint density at radius 1 is 1.56 bits per heavy atom. The minimum atomic E-state index is -0.0231. The smallest absolute Gasteiger partial charge is 0.122 e. The van der Waals surface area contributed by atoms with Crippen molar-refractivity contribution in [3.63, 3.8) is 0 Å². The molecule has 0 nitrogen and oxygen atoms in total. The summed E-state index contributed by atoms with van der Waals surface area (Å²) in [6.07, 6.45) is 4.23. The van der Waals surface area contributed by atoms with Gasteiger partial charge in [0.25, 0.3) is 0 Å². The van der Waals surface area contributed by atoms with Crippen molar-refractivity contribution < 1.29 is 4.39 Å². The Balaban J connectivity index is 2.73. The van der Waals surface area contributed by atoms with Gasteiger partial charge in [0.15, 0.2) is 0 Å². The molecule has 0 radical (unpaired) electrons. The van der Waals surface area contributed by atoms with E-state index in [1.54, 1.807) is 6.08 Å². The third-order valence-electron chi connectivity index (χ3n) is 1.61. The zero-order valence-corrected chi connectivity index (χ0v) is 5.82.